The van der Waals surface area contributed by atoms with Crippen molar-refractivity contribution in [1.29, 1.82) is 0 Å². The van der Waals surface area contributed by atoms with Gasteiger partial charge in [-0.25, -0.2) is 13.6 Å². The van der Waals surface area contributed by atoms with Crippen LogP contribution in [-0.2, 0) is 10.0 Å². The molecule has 0 rings (SSSR count). The van der Waals surface area contributed by atoms with Crippen molar-refractivity contribution in [1.82, 2.24) is 0 Å². The topological polar surface area (TPSA) is 60.2 Å². The average Bonchev–Trinajstić information content (AvgIpc) is 1.80. The first-order chi connectivity index (χ1) is 5.19. The molecule has 0 saturated carbocycles. The van der Waals surface area contributed by atoms with E-state index in [1.165, 1.54) is 0 Å². The second-order valence-corrected chi connectivity index (χ2v) is 5.43. The standard InChI is InChI=1S/C8H17NO2S/c1-5-7(2)8(3,4)6-12(9,10)11/h5,7H,1,6H2,2-4H3,(H2,9,10,11). The quantitative estimate of drug-likeness (QED) is 0.677. The van der Waals surface area contributed by atoms with Gasteiger partial charge < -0.3 is 0 Å². The molecule has 0 radical (unpaired) electrons. The molecule has 1 unspecified atom stereocenters. The number of hydrogen-bond donors (Lipinski definition) is 1. The van der Waals surface area contributed by atoms with Gasteiger partial charge >= 0.3 is 0 Å². The number of nitrogens with two attached hydrogens (primary N) is 1. The van der Waals surface area contributed by atoms with Gasteiger partial charge in [-0.3, -0.25) is 0 Å². The number of allylic oxidation sites excluding steroid dienone is 1. The number of primary sulfonamides is 1. The van der Waals surface area contributed by atoms with Gasteiger partial charge in [0, 0.05) is 0 Å². The van der Waals surface area contributed by atoms with Crippen molar-refractivity contribution in [2.24, 2.45) is 16.5 Å². The van der Waals surface area contributed by atoms with Gasteiger partial charge in [0.15, 0.2) is 0 Å². The third-order valence-corrected chi connectivity index (χ3v) is 3.31. The zero-order valence-corrected chi connectivity index (χ0v) is 8.69. The Bertz CT molecular complexity index is 254. The number of rotatable bonds is 4. The molecule has 0 saturated heterocycles. The Balaban J connectivity index is 4.53. The molecular weight excluding hydrogens is 174 g/mol. The largest absolute Gasteiger partial charge is 0.229 e. The molecule has 12 heavy (non-hydrogen) atoms. The molecule has 3 nitrogen and oxygen atoms in total. The molecule has 0 fully saturated rings. The fourth-order valence-corrected chi connectivity index (χ4v) is 2.27. The van der Waals surface area contributed by atoms with Crippen LogP contribution < -0.4 is 5.14 Å². The zero-order chi connectivity index (χ0) is 9.99. The molecule has 0 heterocycles. The maximum atomic E-state index is 10.8. The predicted octanol–water partition coefficient (Wildman–Crippen LogP) is 1.12. The molecule has 0 spiro atoms. The molecule has 0 aliphatic heterocycles. The molecule has 0 aliphatic carbocycles. The second-order valence-electron chi connectivity index (χ2n) is 3.82. The van der Waals surface area contributed by atoms with Crippen LogP contribution in [0.2, 0.25) is 0 Å². The van der Waals surface area contributed by atoms with Crippen LogP contribution in [-0.4, -0.2) is 14.2 Å². The molecule has 4 heteroatoms. The maximum absolute atomic E-state index is 10.8. The van der Waals surface area contributed by atoms with Gasteiger partial charge in [0.05, 0.1) is 5.75 Å². The van der Waals surface area contributed by atoms with Crippen molar-refractivity contribution >= 4 is 10.0 Å². The Hall–Kier alpha value is -0.350. The zero-order valence-electron chi connectivity index (χ0n) is 7.87. The van der Waals surface area contributed by atoms with E-state index in [-0.39, 0.29) is 17.1 Å². The van der Waals surface area contributed by atoms with Crippen molar-refractivity contribution in [2.75, 3.05) is 5.75 Å². The van der Waals surface area contributed by atoms with Crippen LogP contribution in [0.1, 0.15) is 20.8 Å². The SMILES string of the molecule is C=CC(C)C(C)(C)CS(N)(=O)=O. The lowest BCUT2D eigenvalue weighted by atomic mass is 9.82. The third-order valence-electron chi connectivity index (χ3n) is 2.16. The summed E-state index contributed by atoms with van der Waals surface area (Å²) in [6.45, 7) is 9.28. The molecule has 0 aromatic carbocycles. The van der Waals surface area contributed by atoms with Gasteiger partial charge in [-0.05, 0) is 11.3 Å². The highest BCUT2D eigenvalue weighted by molar-refractivity contribution is 7.89. The van der Waals surface area contributed by atoms with Gasteiger partial charge in [-0.15, -0.1) is 6.58 Å². The molecule has 0 aromatic rings. The van der Waals surface area contributed by atoms with Crippen molar-refractivity contribution in [3.05, 3.63) is 12.7 Å². The molecular formula is C8H17NO2S. The van der Waals surface area contributed by atoms with E-state index in [1.807, 2.05) is 20.8 Å². The lowest BCUT2D eigenvalue weighted by Gasteiger charge is -2.28. The Morgan fingerprint density at radius 2 is 2.00 bits per heavy atom. The maximum Gasteiger partial charge on any atom is 0.209 e. The van der Waals surface area contributed by atoms with Crippen LogP contribution in [0.5, 0.6) is 0 Å². The van der Waals surface area contributed by atoms with Crippen LogP contribution in [0.25, 0.3) is 0 Å². The van der Waals surface area contributed by atoms with E-state index in [0.717, 1.165) is 0 Å². The minimum atomic E-state index is -3.38. The van der Waals surface area contributed by atoms with Crippen LogP contribution >= 0.6 is 0 Å². The highest BCUT2D eigenvalue weighted by atomic mass is 32.2. The van der Waals surface area contributed by atoms with Crippen LogP contribution in [0.15, 0.2) is 12.7 Å². The van der Waals surface area contributed by atoms with Crippen molar-refractivity contribution in [3.8, 4) is 0 Å². The summed E-state index contributed by atoms with van der Waals surface area (Å²) in [5, 5.41) is 4.95. The highest BCUT2D eigenvalue weighted by Crippen LogP contribution is 2.28. The van der Waals surface area contributed by atoms with E-state index in [1.54, 1.807) is 6.08 Å². The van der Waals surface area contributed by atoms with E-state index >= 15 is 0 Å². The van der Waals surface area contributed by atoms with E-state index in [0.29, 0.717) is 0 Å². The Morgan fingerprint density at radius 3 is 2.25 bits per heavy atom. The van der Waals surface area contributed by atoms with Crippen molar-refractivity contribution < 1.29 is 8.42 Å². The summed E-state index contributed by atoms with van der Waals surface area (Å²) >= 11 is 0. The van der Waals surface area contributed by atoms with E-state index in [4.69, 9.17) is 5.14 Å². The molecule has 0 aromatic heterocycles. The first-order valence-electron chi connectivity index (χ1n) is 3.82. The van der Waals surface area contributed by atoms with Gasteiger partial charge in [-0.1, -0.05) is 26.8 Å². The average molecular weight is 191 g/mol. The van der Waals surface area contributed by atoms with Gasteiger partial charge in [0.1, 0.15) is 0 Å². The summed E-state index contributed by atoms with van der Waals surface area (Å²) in [4.78, 5) is 0. The van der Waals surface area contributed by atoms with Crippen LogP contribution in [0.3, 0.4) is 0 Å². The smallest absolute Gasteiger partial charge is 0.209 e. The second kappa shape index (κ2) is 3.58. The van der Waals surface area contributed by atoms with Crippen molar-refractivity contribution in [2.45, 2.75) is 20.8 Å². The number of sulfonamides is 1. The number of hydrogen-bond acceptors (Lipinski definition) is 2. The molecule has 2 N–H and O–H groups in total. The summed E-state index contributed by atoms with van der Waals surface area (Å²) in [7, 11) is -3.38. The fourth-order valence-electron chi connectivity index (χ4n) is 0.969. The highest BCUT2D eigenvalue weighted by Gasteiger charge is 2.28. The molecule has 0 amide bonds. The van der Waals surface area contributed by atoms with Gasteiger partial charge in [-0.2, -0.15) is 0 Å². The van der Waals surface area contributed by atoms with E-state index in [9.17, 15) is 8.42 Å². The Labute approximate surface area is 74.7 Å². The third kappa shape index (κ3) is 3.88. The normalized spacial score (nSPS) is 15.7. The Morgan fingerprint density at radius 1 is 1.58 bits per heavy atom. The molecule has 1 atom stereocenters. The van der Waals surface area contributed by atoms with Crippen LogP contribution in [0.4, 0.5) is 0 Å². The minimum Gasteiger partial charge on any atom is -0.229 e. The van der Waals surface area contributed by atoms with E-state index in [2.05, 4.69) is 6.58 Å². The monoisotopic (exact) mass is 191 g/mol. The summed E-state index contributed by atoms with van der Waals surface area (Å²) in [6.07, 6.45) is 1.74. The predicted molar refractivity (Wildman–Crippen MR) is 51.1 cm³/mol. The summed E-state index contributed by atoms with van der Waals surface area (Å²) < 4.78 is 21.6. The minimum absolute atomic E-state index is 0.00676. The summed E-state index contributed by atoms with van der Waals surface area (Å²) in [5.41, 5.74) is -0.338. The Kier molecular flexibility index (Phi) is 3.47. The molecule has 0 aliphatic rings. The van der Waals surface area contributed by atoms with Crippen LogP contribution in [0, 0.1) is 11.3 Å². The summed E-state index contributed by atoms with van der Waals surface area (Å²) in [5.74, 6) is 0.128. The van der Waals surface area contributed by atoms with E-state index < -0.39 is 10.0 Å². The fraction of sp³-hybridized carbons (Fsp3) is 0.750. The molecule has 0 bridgehead atoms. The van der Waals surface area contributed by atoms with Gasteiger partial charge in [0.2, 0.25) is 10.0 Å². The first-order valence-corrected chi connectivity index (χ1v) is 5.53. The summed E-state index contributed by atoms with van der Waals surface area (Å²) in [6, 6.07) is 0. The lowest BCUT2D eigenvalue weighted by molar-refractivity contribution is 0.317. The first kappa shape index (κ1) is 11.6. The molecule has 72 valence electrons. The van der Waals surface area contributed by atoms with Crippen molar-refractivity contribution in [3.63, 3.8) is 0 Å². The van der Waals surface area contributed by atoms with Gasteiger partial charge in [0.25, 0.3) is 0 Å². The lowest BCUT2D eigenvalue weighted by Crippen LogP contribution is -2.33.